The van der Waals surface area contributed by atoms with Gasteiger partial charge in [0, 0.05) is 4.88 Å². The van der Waals surface area contributed by atoms with Gasteiger partial charge in [0.15, 0.2) is 5.16 Å². The van der Waals surface area contributed by atoms with Gasteiger partial charge < -0.3 is 5.32 Å². The highest BCUT2D eigenvalue weighted by molar-refractivity contribution is 7.99. The molecular weight excluding hydrogens is 464 g/mol. The summed E-state index contributed by atoms with van der Waals surface area (Å²) >= 11 is 2.72. The molecule has 0 bridgehead atoms. The number of hydrogen-bond acceptors (Lipinski definition) is 6. The number of thioether (sulfide) groups is 1. The summed E-state index contributed by atoms with van der Waals surface area (Å²) in [6.45, 7) is 1.99. The summed E-state index contributed by atoms with van der Waals surface area (Å²) in [7, 11) is 0. The Morgan fingerprint density at radius 3 is 2.74 bits per heavy atom. The number of amides is 1. The van der Waals surface area contributed by atoms with Gasteiger partial charge in [0.25, 0.3) is 5.56 Å². The average molecular weight is 487 g/mol. The fraction of sp³-hybridized carbons (Fsp3) is 0.231. The van der Waals surface area contributed by atoms with E-state index in [0.717, 1.165) is 36.8 Å². The first-order valence-corrected chi connectivity index (χ1v) is 12.9. The van der Waals surface area contributed by atoms with Crippen LogP contribution in [0, 0.1) is 18.3 Å². The van der Waals surface area contributed by atoms with Gasteiger partial charge in [-0.2, -0.15) is 5.26 Å². The van der Waals surface area contributed by atoms with Crippen molar-refractivity contribution in [1.29, 1.82) is 5.26 Å². The lowest BCUT2D eigenvalue weighted by Gasteiger charge is -2.13. The number of para-hydroxylation sites is 1. The molecule has 1 N–H and O–H groups in total. The number of benzene rings is 2. The Labute approximate surface area is 205 Å². The van der Waals surface area contributed by atoms with Gasteiger partial charge in [-0.1, -0.05) is 41.6 Å². The first-order chi connectivity index (χ1) is 16.5. The van der Waals surface area contributed by atoms with Crippen LogP contribution in [-0.2, 0) is 17.6 Å². The normalized spacial score (nSPS) is 12.8. The predicted molar refractivity (Wildman–Crippen MR) is 137 cm³/mol. The highest BCUT2D eigenvalue weighted by Crippen LogP contribution is 2.37. The SMILES string of the molecule is Cc1ccc(-n2c(SCC(=O)Nc3sc4c(c3C#N)CCCC4)nc3ccccc3c2=O)cc1. The third kappa shape index (κ3) is 4.25. The summed E-state index contributed by atoms with van der Waals surface area (Å²) in [4.78, 5) is 32.1. The average Bonchev–Trinajstić information content (AvgIpc) is 3.20. The Balaban J connectivity index is 1.44. The molecule has 0 saturated heterocycles. The molecule has 1 amide bonds. The van der Waals surface area contributed by atoms with Crippen molar-refractivity contribution in [3.8, 4) is 11.8 Å². The van der Waals surface area contributed by atoms with Crippen LogP contribution < -0.4 is 10.9 Å². The van der Waals surface area contributed by atoms with E-state index in [-0.39, 0.29) is 17.2 Å². The van der Waals surface area contributed by atoms with E-state index in [1.54, 1.807) is 16.7 Å². The number of rotatable bonds is 5. The molecule has 34 heavy (non-hydrogen) atoms. The van der Waals surface area contributed by atoms with Crippen molar-refractivity contribution >= 4 is 44.9 Å². The minimum atomic E-state index is -0.224. The second-order valence-electron chi connectivity index (χ2n) is 8.25. The van der Waals surface area contributed by atoms with E-state index in [0.29, 0.717) is 32.3 Å². The lowest BCUT2D eigenvalue weighted by Crippen LogP contribution is -2.23. The quantitative estimate of drug-likeness (QED) is 0.308. The highest BCUT2D eigenvalue weighted by atomic mass is 32.2. The monoisotopic (exact) mass is 486 g/mol. The number of carbonyl (C=O) groups is 1. The number of thiophene rings is 1. The molecule has 5 rings (SSSR count). The number of anilines is 1. The fourth-order valence-electron chi connectivity index (χ4n) is 4.20. The predicted octanol–water partition coefficient (Wildman–Crippen LogP) is 5.24. The van der Waals surface area contributed by atoms with Gasteiger partial charge >= 0.3 is 0 Å². The molecule has 8 heteroatoms. The molecule has 0 fully saturated rings. The molecule has 2 aromatic heterocycles. The zero-order valence-corrected chi connectivity index (χ0v) is 20.3. The molecule has 170 valence electrons. The van der Waals surface area contributed by atoms with Gasteiger partial charge in [-0.3, -0.25) is 14.2 Å². The summed E-state index contributed by atoms with van der Waals surface area (Å²) in [5.41, 5.74) is 3.90. The molecule has 6 nitrogen and oxygen atoms in total. The molecule has 0 saturated carbocycles. The van der Waals surface area contributed by atoms with Crippen LogP contribution in [0.1, 0.15) is 34.4 Å². The molecule has 2 aromatic carbocycles. The number of aryl methyl sites for hydroxylation is 2. The molecule has 0 radical (unpaired) electrons. The Morgan fingerprint density at radius 1 is 1.18 bits per heavy atom. The number of aromatic nitrogens is 2. The molecule has 0 spiro atoms. The summed E-state index contributed by atoms with van der Waals surface area (Å²) in [5, 5.41) is 14.2. The maximum absolute atomic E-state index is 13.3. The second-order valence-corrected chi connectivity index (χ2v) is 10.3. The van der Waals surface area contributed by atoms with Crippen LogP contribution in [0.2, 0.25) is 0 Å². The van der Waals surface area contributed by atoms with Crippen molar-refractivity contribution in [3.63, 3.8) is 0 Å². The topological polar surface area (TPSA) is 87.8 Å². The molecule has 2 heterocycles. The van der Waals surface area contributed by atoms with Crippen molar-refractivity contribution < 1.29 is 4.79 Å². The van der Waals surface area contributed by atoms with E-state index >= 15 is 0 Å². The van der Waals surface area contributed by atoms with Crippen LogP contribution in [0.5, 0.6) is 0 Å². The fourth-order valence-corrected chi connectivity index (χ4v) is 6.26. The van der Waals surface area contributed by atoms with E-state index in [1.165, 1.54) is 28.0 Å². The summed E-state index contributed by atoms with van der Waals surface area (Å²) in [6, 6.07) is 17.2. The number of nitrogens with one attached hydrogen (secondary N) is 1. The third-order valence-electron chi connectivity index (χ3n) is 5.91. The van der Waals surface area contributed by atoms with E-state index in [9.17, 15) is 14.9 Å². The first-order valence-electron chi connectivity index (χ1n) is 11.1. The minimum Gasteiger partial charge on any atom is -0.316 e. The standard InChI is InChI=1S/C26H22N4O2S2/c1-16-10-12-17(13-11-16)30-25(32)19-7-2-4-8-21(19)28-26(30)33-15-23(31)29-24-20(14-27)18-6-3-5-9-22(18)34-24/h2,4,7-8,10-13H,3,5-6,9,15H2,1H3,(H,29,31). The van der Waals surface area contributed by atoms with E-state index in [2.05, 4.69) is 11.4 Å². The molecule has 0 aliphatic heterocycles. The largest absolute Gasteiger partial charge is 0.316 e. The summed E-state index contributed by atoms with van der Waals surface area (Å²) < 4.78 is 1.56. The molecule has 1 aliphatic rings. The Bertz CT molecular complexity index is 1500. The number of nitriles is 1. The van der Waals surface area contributed by atoms with E-state index in [4.69, 9.17) is 4.98 Å². The number of hydrogen-bond donors (Lipinski definition) is 1. The lowest BCUT2D eigenvalue weighted by molar-refractivity contribution is -0.113. The van der Waals surface area contributed by atoms with Crippen LogP contribution in [-0.4, -0.2) is 21.2 Å². The molecule has 1 aliphatic carbocycles. The maximum atomic E-state index is 13.3. The number of carbonyl (C=O) groups excluding carboxylic acids is 1. The zero-order valence-electron chi connectivity index (χ0n) is 18.6. The lowest BCUT2D eigenvalue weighted by atomic mass is 9.96. The number of fused-ring (bicyclic) bond motifs is 2. The van der Waals surface area contributed by atoms with Gasteiger partial charge in [-0.05, 0) is 62.4 Å². The van der Waals surface area contributed by atoms with Crippen LogP contribution in [0.15, 0.2) is 58.5 Å². The Kier molecular flexibility index (Phi) is 6.22. The molecule has 0 atom stereocenters. The van der Waals surface area contributed by atoms with Gasteiger partial charge in [-0.15, -0.1) is 11.3 Å². The Hall–Kier alpha value is -3.41. The van der Waals surface area contributed by atoms with Crippen LogP contribution in [0.3, 0.4) is 0 Å². The van der Waals surface area contributed by atoms with Crippen molar-refractivity contribution in [2.45, 2.75) is 37.8 Å². The van der Waals surface area contributed by atoms with Crippen molar-refractivity contribution in [2.75, 3.05) is 11.1 Å². The van der Waals surface area contributed by atoms with Crippen molar-refractivity contribution in [2.24, 2.45) is 0 Å². The highest BCUT2D eigenvalue weighted by Gasteiger charge is 2.22. The van der Waals surface area contributed by atoms with Crippen molar-refractivity contribution in [3.05, 3.63) is 80.5 Å². The minimum absolute atomic E-state index is 0.0735. The third-order valence-corrected chi connectivity index (χ3v) is 8.05. The van der Waals surface area contributed by atoms with Crippen LogP contribution in [0.4, 0.5) is 5.00 Å². The zero-order chi connectivity index (χ0) is 23.7. The number of nitrogens with zero attached hydrogens (tertiary/aromatic N) is 3. The van der Waals surface area contributed by atoms with Crippen molar-refractivity contribution in [1.82, 2.24) is 9.55 Å². The Morgan fingerprint density at radius 2 is 1.94 bits per heavy atom. The van der Waals surface area contributed by atoms with Gasteiger partial charge in [0.05, 0.1) is 27.9 Å². The van der Waals surface area contributed by atoms with E-state index < -0.39 is 0 Å². The molecule has 0 unspecified atom stereocenters. The first kappa shape index (κ1) is 22.4. The molecular formula is C26H22N4O2S2. The smallest absolute Gasteiger partial charge is 0.266 e. The van der Waals surface area contributed by atoms with Crippen LogP contribution in [0.25, 0.3) is 16.6 Å². The van der Waals surface area contributed by atoms with Gasteiger partial charge in [0.1, 0.15) is 11.1 Å². The second kappa shape index (κ2) is 9.45. The van der Waals surface area contributed by atoms with Crippen LogP contribution >= 0.6 is 23.1 Å². The molecule has 4 aromatic rings. The maximum Gasteiger partial charge on any atom is 0.266 e. The summed E-state index contributed by atoms with van der Waals surface area (Å²) in [6.07, 6.45) is 4.05. The van der Waals surface area contributed by atoms with E-state index in [1.807, 2.05) is 43.3 Å². The summed E-state index contributed by atoms with van der Waals surface area (Å²) in [5.74, 6) is -0.151. The van der Waals surface area contributed by atoms with Gasteiger partial charge in [-0.25, -0.2) is 4.98 Å². The van der Waals surface area contributed by atoms with Gasteiger partial charge in [0.2, 0.25) is 5.91 Å².